The molecule has 1 amide bonds. The number of hydrogen-bond acceptors (Lipinski definition) is 5. The zero-order valence-electron chi connectivity index (χ0n) is 22.3. The van der Waals surface area contributed by atoms with Crippen molar-refractivity contribution in [3.8, 4) is 11.5 Å². The van der Waals surface area contributed by atoms with Gasteiger partial charge in [-0.15, -0.1) is 0 Å². The van der Waals surface area contributed by atoms with E-state index in [2.05, 4.69) is 50.9 Å². The maximum absolute atomic E-state index is 8.58. The van der Waals surface area contributed by atoms with Gasteiger partial charge in [0, 0.05) is 25.2 Å². The second-order valence-electron chi connectivity index (χ2n) is 9.61. The van der Waals surface area contributed by atoms with Crippen LogP contribution in [-0.2, 0) is 22.5 Å². The van der Waals surface area contributed by atoms with Crippen molar-refractivity contribution in [1.82, 2.24) is 25.1 Å². The fourth-order valence-electron chi connectivity index (χ4n) is 4.91. The van der Waals surface area contributed by atoms with E-state index < -0.39 is 0 Å². The van der Waals surface area contributed by atoms with E-state index in [-0.39, 0.29) is 6.41 Å². The van der Waals surface area contributed by atoms with E-state index in [1.165, 1.54) is 49.7 Å². The Morgan fingerprint density at radius 2 is 1.97 bits per heavy atom. The number of ether oxygens (including phenoxy) is 1. The highest BCUT2D eigenvalue weighted by Gasteiger charge is 2.23. The summed E-state index contributed by atoms with van der Waals surface area (Å²) in [5.41, 5.74) is 9.94. The second kappa shape index (κ2) is 14.8. The molecule has 3 aromatic rings. The number of benzene rings is 1. The number of amides is 1. The van der Waals surface area contributed by atoms with Gasteiger partial charge < -0.3 is 15.5 Å². The normalized spacial score (nSPS) is 16.5. The molecule has 4 N–H and O–H groups in total. The van der Waals surface area contributed by atoms with E-state index in [1.807, 2.05) is 20.0 Å². The SMILES string of the molecule is CC.CCCC(CCC1CC1)Cc1cn[nH]c1-c1nc2ccc(CN3CCOCC3)cc2[nH]1.NC=O. The van der Waals surface area contributed by atoms with Crippen LogP contribution in [-0.4, -0.2) is 57.8 Å². The Morgan fingerprint density at radius 1 is 1.22 bits per heavy atom. The van der Waals surface area contributed by atoms with E-state index >= 15 is 0 Å². The van der Waals surface area contributed by atoms with Gasteiger partial charge in [-0.2, -0.15) is 5.10 Å². The zero-order chi connectivity index (χ0) is 25.8. The number of carbonyl (C=O) groups is 1. The summed E-state index contributed by atoms with van der Waals surface area (Å²) in [6.07, 6.45) is 11.5. The molecule has 1 saturated carbocycles. The minimum absolute atomic E-state index is 0.250. The highest BCUT2D eigenvalue weighted by atomic mass is 16.5. The molecule has 1 atom stereocenters. The molecule has 198 valence electrons. The Morgan fingerprint density at radius 3 is 2.67 bits per heavy atom. The third-order valence-corrected chi connectivity index (χ3v) is 6.90. The largest absolute Gasteiger partial charge is 0.379 e. The van der Waals surface area contributed by atoms with E-state index in [4.69, 9.17) is 14.5 Å². The summed E-state index contributed by atoms with van der Waals surface area (Å²) in [6, 6.07) is 6.58. The van der Waals surface area contributed by atoms with Gasteiger partial charge in [-0.3, -0.25) is 14.8 Å². The average molecular weight is 497 g/mol. The second-order valence-corrected chi connectivity index (χ2v) is 9.61. The molecule has 3 heterocycles. The van der Waals surface area contributed by atoms with Crippen LogP contribution in [0.25, 0.3) is 22.6 Å². The molecule has 2 fully saturated rings. The van der Waals surface area contributed by atoms with E-state index in [9.17, 15) is 0 Å². The van der Waals surface area contributed by atoms with Crippen LogP contribution in [0.3, 0.4) is 0 Å². The van der Waals surface area contributed by atoms with Gasteiger partial charge in [-0.05, 0) is 42.4 Å². The first kappa shape index (κ1) is 27.9. The number of hydrogen-bond donors (Lipinski definition) is 3. The van der Waals surface area contributed by atoms with E-state index in [0.717, 1.165) is 73.7 Å². The van der Waals surface area contributed by atoms with Crippen molar-refractivity contribution in [2.45, 2.75) is 72.3 Å². The number of carbonyl (C=O) groups excluding carboxylic acids is 1. The lowest BCUT2D eigenvalue weighted by Crippen LogP contribution is -2.35. The van der Waals surface area contributed by atoms with Crippen LogP contribution in [0.1, 0.15) is 70.4 Å². The Labute approximate surface area is 215 Å². The Bertz CT molecular complexity index is 1040. The summed E-state index contributed by atoms with van der Waals surface area (Å²) in [5.74, 6) is 2.65. The maximum atomic E-state index is 8.58. The molecule has 1 unspecified atom stereocenters. The van der Waals surface area contributed by atoms with E-state index in [0.29, 0.717) is 0 Å². The Balaban J connectivity index is 0.000000674. The molecular weight excluding hydrogens is 452 g/mol. The molecule has 36 heavy (non-hydrogen) atoms. The van der Waals surface area contributed by atoms with Crippen molar-refractivity contribution in [3.63, 3.8) is 0 Å². The van der Waals surface area contributed by atoms with Crippen molar-refractivity contribution in [1.29, 1.82) is 0 Å². The Kier molecular flexibility index (Phi) is 11.4. The molecule has 5 rings (SSSR count). The predicted molar refractivity (Wildman–Crippen MR) is 145 cm³/mol. The number of aromatic nitrogens is 4. The standard InChI is InChI=1S/C25H35N5O.C2H6.CH3NO/c1-2-3-19(7-6-18-4-5-18)14-21-16-26-29-24(21)25-27-22-9-8-20(15-23(22)28-25)17-30-10-12-31-13-11-30;1-2;2-1-3/h8-9,15-16,18-19H,2-7,10-14,17H2,1H3,(H,26,29)(H,27,28);1-2H3;1H,(H2,2,3). The smallest absolute Gasteiger partial charge is 0.204 e. The number of rotatable bonds is 10. The zero-order valence-corrected chi connectivity index (χ0v) is 22.3. The van der Waals surface area contributed by atoms with Crippen molar-refractivity contribution in [3.05, 3.63) is 35.5 Å². The summed E-state index contributed by atoms with van der Waals surface area (Å²) in [7, 11) is 0. The number of nitrogens with two attached hydrogens (primary N) is 1. The highest BCUT2D eigenvalue weighted by Crippen LogP contribution is 2.36. The summed E-state index contributed by atoms with van der Waals surface area (Å²) in [4.78, 5) is 19.5. The third-order valence-electron chi connectivity index (χ3n) is 6.90. The molecule has 1 saturated heterocycles. The van der Waals surface area contributed by atoms with Gasteiger partial charge >= 0.3 is 0 Å². The molecule has 1 aliphatic carbocycles. The fraction of sp³-hybridized carbons (Fsp3) is 0.607. The first-order valence-electron chi connectivity index (χ1n) is 13.7. The Hall–Kier alpha value is -2.71. The number of aromatic amines is 2. The minimum Gasteiger partial charge on any atom is -0.379 e. The lowest BCUT2D eigenvalue weighted by molar-refractivity contribution is -0.106. The first-order valence-corrected chi connectivity index (χ1v) is 13.7. The van der Waals surface area contributed by atoms with Gasteiger partial charge in [-0.1, -0.05) is 58.9 Å². The van der Waals surface area contributed by atoms with Crippen LogP contribution in [0, 0.1) is 11.8 Å². The molecule has 1 aromatic carbocycles. The molecule has 0 spiro atoms. The van der Waals surface area contributed by atoms with Gasteiger partial charge in [0.05, 0.1) is 30.4 Å². The molecule has 2 aromatic heterocycles. The maximum Gasteiger partial charge on any atom is 0.204 e. The van der Waals surface area contributed by atoms with Crippen LogP contribution in [0.15, 0.2) is 24.4 Å². The third kappa shape index (κ3) is 8.17. The van der Waals surface area contributed by atoms with Gasteiger partial charge in [0.1, 0.15) is 5.69 Å². The molecule has 2 aliphatic rings. The van der Waals surface area contributed by atoms with Crippen LogP contribution in [0.5, 0.6) is 0 Å². The summed E-state index contributed by atoms with van der Waals surface area (Å²) in [5, 5.41) is 7.60. The number of morpholine rings is 1. The quantitative estimate of drug-likeness (QED) is 0.340. The first-order chi connectivity index (χ1) is 17.7. The summed E-state index contributed by atoms with van der Waals surface area (Å²) in [6.45, 7) is 10.9. The van der Waals surface area contributed by atoms with Gasteiger partial charge in [0.25, 0.3) is 0 Å². The van der Waals surface area contributed by atoms with Gasteiger partial charge in [0.2, 0.25) is 6.41 Å². The molecule has 0 radical (unpaired) electrons. The molecule has 8 heteroatoms. The predicted octanol–water partition coefficient (Wildman–Crippen LogP) is 5.06. The summed E-state index contributed by atoms with van der Waals surface area (Å²) >= 11 is 0. The highest BCUT2D eigenvalue weighted by molar-refractivity contribution is 5.79. The number of imidazole rings is 1. The minimum atomic E-state index is 0.250. The topological polar surface area (TPSA) is 113 Å². The monoisotopic (exact) mass is 496 g/mol. The number of nitrogens with zero attached hydrogens (tertiary/aromatic N) is 3. The van der Waals surface area contributed by atoms with Crippen molar-refractivity contribution >= 4 is 17.4 Å². The van der Waals surface area contributed by atoms with Gasteiger partial charge in [0.15, 0.2) is 5.82 Å². The van der Waals surface area contributed by atoms with Crippen LogP contribution in [0.2, 0.25) is 0 Å². The van der Waals surface area contributed by atoms with Crippen LogP contribution >= 0.6 is 0 Å². The van der Waals surface area contributed by atoms with Gasteiger partial charge in [-0.25, -0.2) is 4.98 Å². The summed E-state index contributed by atoms with van der Waals surface area (Å²) < 4.78 is 5.47. The lowest BCUT2D eigenvalue weighted by atomic mass is 9.90. The average Bonchev–Trinajstić information content (AvgIpc) is 3.45. The number of nitrogens with one attached hydrogen (secondary N) is 2. The van der Waals surface area contributed by atoms with Crippen molar-refractivity contribution in [2.24, 2.45) is 17.6 Å². The van der Waals surface area contributed by atoms with E-state index in [1.54, 1.807) is 0 Å². The molecule has 8 nitrogen and oxygen atoms in total. The van der Waals surface area contributed by atoms with Crippen LogP contribution in [0.4, 0.5) is 0 Å². The lowest BCUT2D eigenvalue weighted by Gasteiger charge is -2.26. The van der Waals surface area contributed by atoms with Crippen molar-refractivity contribution in [2.75, 3.05) is 26.3 Å². The number of primary amides is 1. The molecular formula is C28H44N6O2. The fourth-order valence-corrected chi connectivity index (χ4v) is 4.91. The number of fused-ring (bicyclic) bond motifs is 1. The van der Waals surface area contributed by atoms with Crippen molar-refractivity contribution < 1.29 is 9.53 Å². The molecule has 1 aliphatic heterocycles. The molecule has 0 bridgehead atoms. The van der Waals surface area contributed by atoms with Crippen LogP contribution < -0.4 is 5.73 Å². The number of H-pyrrole nitrogens is 2.